The molecule has 1 aliphatic heterocycles. The van der Waals surface area contributed by atoms with Crippen molar-refractivity contribution in [3.8, 4) is 0 Å². The zero-order valence-corrected chi connectivity index (χ0v) is 9.91. The van der Waals surface area contributed by atoms with E-state index in [9.17, 15) is 9.59 Å². The molecular formula is C10H11ClN4O2. The van der Waals surface area contributed by atoms with Crippen molar-refractivity contribution in [3.05, 3.63) is 17.0 Å². The van der Waals surface area contributed by atoms with Crippen molar-refractivity contribution in [2.75, 3.05) is 5.32 Å². The van der Waals surface area contributed by atoms with E-state index in [1.807, 2.05) is 0 Å². The van der Waals surface area contributed by atoms with Gasteiger partial charge in [-0.3, -0.25) is 14.9 Å². The van der Waals surface area contributed by atoms with Crippen molar-refractivity contribution in [3.63, 3.8) is 0 Å². The molecule has 1 aromatic rings. The zero-order chi connectivity index (χ0) is 12.4. The molecule has 7 heteroatoms. The highest BCUT2D eigenvalue weighted by Gasteiger charge is 2.26. The van der Waals surface area contributed by atoms with Crippen LogP contribution >= 0.6 is 11.6 Å². The Kier molecular flexibility index (Phi) is 3.23. The topological polar surface area (TPSA) is 84.0 Å². The normalized spacial score (nSPS) is 20.0. The van der Waals surface area contributed by atoms with E-state index in [1.54, 1.807) is 13.0 Å². The Labute approximate surface area is 103 Å². The number of aryl methyl sites for hydroxylation is 1. The van der Waals surface area contributed by atoms with Gasteiger partial charge in [-0.25, -0.2) is 9.97 Å². The number of aromatic nitrogens is 2. The van der Waals surface area contributed by atoms with E-state index < -0.39 is 6.04 Å². The molecule has 0 radical (unpaired) electrons. The van der Waals surface area contributed by atoms with Crippen molar-refractivity contribution in [1.29, 1.82) is 0 Å². The number of nitrogens with one attached hydrogen (secondary N) is 2. The predicted molar refractivity (Wildman–Crippen MR) is 61.6 cm³/mol. The molecule has 90 valence electrons. The van der Waals surface area contributed by atoms with Gasteiger partial charge in [-0.1, -0.05) is 0 Å². The monoisotopic (exact) mass is 254 g/mol. The van der Waals surface area contributed by atoms with Crippen molar-refractivity contribution < 1.29 is 9.59 Å². The minimum atomic E-state index is -0.460. The third-order valence-electron chi connectivity index (χ3n) is 2.39. The second kappa shape index (κ2) is 4.67. The first-order chi connectivity index (χ1) is 8.04. The molecule has 2 rings (SSSR count). The number of piperidine rings is 1. The fraction of sp³-hybridized carbons (Fsp3) is 0.400. The third kappa shape index (κ3) is 2.91. The van der Waals surface area contributed by atoms with Crippen molar-refractivity contribution >= 4 is 29.2 Å². The van der Waals surface area contributed by atoms with E-state index >= 15 is 0 Å². The summed E-state index contributed by atoms with van der Waals surface area (Å²) in [5.41, 5.74) is 0.708. The van der Waals surface area contributed by atoms with Gasteiger partial charge in [-0.2, -0.15) is 0 Å². The summed E-state index contributed by atoms with van der Waals surface area (Å²) in [5.74, 6) is -0.101. The maximum Gasteiger partial charge on any atom is 0.249 e. The Morgan fingerprint density at radius 1 is 1.47 bits per heavy atom. The summed E-state index contributed by atoms with van der Waals surface area (Å²) in [4.78, 5) is 30.4. The fourth-order valence-corrected chi connectivity index (χ4v) is 1.84. The van der Waals surface area contributed by atoms with Crippen LogP contribution in [0.15, 0.2) is 6.07 Å². The predicted octanol–water partition coefficient (Wildman–Crippen LogP) is 0.656. The number of amides is 2. The summed E-state index contributed by atoms with van der Waals surface area (Å²) in [6, 6.07) is 1.23. The molecular weight excluding hydrogens is 244 g/mol. The molecule has 1 atom stereocenters. The maximum atomic E-state index is 11.5. The highest BCUT2D eigenvalue weighted by Crippen LogP contribution is 2.14. The molecule has 0 spiro atoms. The molecule has 1 unspecified atom stereocenters. The average molecular weight is 255 g/mol. The zero-order valence-electron chi connectivity index (χ0n) is 9.16. The van der Waals surface area contributed by atoms with E-state index in [4.69, 9.17) is 11.6 Å². The number of hydrogen-bond acceptors (Lipinski definition) is 5. The van der Waals surface area contributed by atoms with Crippen LogP contribution in [0.5, 0.6) is 0 Å². The highest BCUT2D eigenvalue weighted by atomic mass is 35.5. The van der Waals surface area contributed by atoms with Crippen LogP contribution in [0.4, 0.5) is 5.82 Å². The van der Waals surface area contributed by atoms with Crippen LogP contribution in [0.25, 0.3) is 0 Å². The molecule has 17 heavy (non-hydrogen) atoms. The molecule has 6 nitrogen and oxygen atoms in total. The molecule has 0 aliphatic carbocycles. The fourth-order valence-electron chi connectivity index (χ4n) is 1.62. The molecule has 1 aliphatic rings. The van der Waals surface area contributed by atoms with Gasteiger partial charge in [0.2, 0.25) is 17.1 Å². The second-order valence-corrected chi connectivity index (χ2v) is 4.15. The minimum absolute atomic E-state index is 0.125. The lowest BCUT2D eigenvalue weighted by molar-refractivity contribution is -0.133. The first-order valence-corrected chi connectivity index (χ1v) is 5.54. The molecule has 2 heterocycles. The highest BCUT2D eigenvalue weighted by molar-refractivity contribution is 6.28. The second-order valence-electron chi connectivity index (χ2n) is 3.81. The Balaban J connectivity index is 2.10. The Morgan fingerprint density at radius 3 is 2.88 bits per heavy atom. The largest absolute Gasteiger partial charge is 0.358 e. The molecule has 2 amide bonds. The lowest BCUT2D eigenvalue weighted by atomic mass is 10.1. The van der Waals surface area contributed by atoms with Gasteiger partial charge >= 0.3 is 0 Å². The van der Waals surface area contributed by atoms with Crippen LogP contribution in [-0.2, 0) is 9.59 Å². The Morgan fingerprint density at radius 2 is 2.24 bits per heavy atom. The summed E-state index contributed by atoms with van der Waals surface area (Å²) in [5, 5.41) is 5.32. The standard InChI is InChI=1S/C10H11ClN4O2/c1-5-4-7(14-10(11)12-5)13-6-2-3-8(16)15-9(6)17/h4,6H,2-3H2,1H3,(H,12,13,14)(H,15,16,17). The number of anilines is 1. The van der Waals surface area contributed by atoms with Crippen LogP contribution in [0.2, 0.25) is 5.28 Å². The molecule has 2 N–H and O–H groups in total. The summed E-state index contributed by atoms with van der Waals surface area (Å²) < 4.78 is 0. The number of nitrogens with zero attached hydrogens (tertiary/aromatic N) is 2. The van der Waals surface area contributed by atoms with Gasteiger partial charge in [-0.15, -0.1) is 0 Å². The smallest absolute Gasteiger partial charge is 0.249 e. The maximum absolute atomic E-state index is 11.5. The van der Waals surface area contributed by atoms with Crippen LogP contribution in [0, 0.1) is 6.92 Å². The van der Waals surface area contributed by atoms with Crippen molar-refractivity contribution in [1.82, 2.24) is 15.3 Å². The SMILES string of the molecule is Cc1cc(NC2CCC(=O)NC2=O)nc(Cl)n1. The number of carbonyl (C=O) groups excluding carboxylic acids is 2. The van der Waals surface area contributed by atoms with Crippen LogP contribution in [0.3, 0.4) is 0 Å². The number of rotatable bonds is 2. The summed E-state index contributed by atoms with van der Waals surface area (Å²) in [6.07, 6.45) is 0.770. The minimum Gasteiger partial charge on any atom is -0.358 e. The number of carbonyl (C=O) groups is 2. The lowest BCUT2D eigenvalue weighted by Crippen LogP contribution is -2.47. The lowest BCUT2D eigenvalue weighted by Gasteiger charge is -2.22. The van der Waals surface area contributed by atoms with Gasteiger partial charge in [0, 0.05) is 18.2 Å². The van der Waals surface area contributed by atoms with Gasteiger partial charge < -0.3 is 5.32 Å². The van der Waals surface area contributed by atoms with Gasteiger partial charge in [0.25, 0.3) is 0 Å². The van der Waals surface area contributed by atoms with Gasteiger partial charge in [0.1, 0.15) is 11.9 Å². The average Bonchev–Trinajstić information content (AvgIpc) is 2.21. The molecule has 0 bridgehead atoms. The van der Waals surface area contributed by atoms with E-state index in [0.29, 0.717) is 24.4 Å². The van der Waals surface area contributed by atoms with E-state index in [0.717, 1.165) is 0 Å². The van der Waals surface area contributed by atoms with Gasteiger partial charge in [0.05, 0.1) is 0 Å². The first kappa shape index (κ1) is 11.8. The molecule has 0 saturated carbocycles. The van der Waals surface area contributed by atoms with Crippen molar-refractivity contribution in [2.24, 2.45) is 0 Å². The van der Waals surface area contributed by atoms with Crippen LogP contribution in [-0.4, -0.2) is 27.8 Å². The van der Waals surface area contributed by atoms with Crippen molar-refractivity contribution in [2.45, 2.75) is 25.8 Å². The number of halogens is 1. The molecule has 0 aromatic carbocycles. The Hall–Kier alpha value is -1.69. The van der Waals surface area contributed by atoms with E-state index in [-0.39, 0.29) is 17.1 Å². The number of imide groups is 1. The van der Waals surface area contributed by atoms with E-state index in [1.165, 1.54) is 0 Å². The van der Waals surface area contributed by atoms with Crippen LogP contribution < -0.4 is 10.6 Å². The molecule has 1 aromatic heterocycles. The summed E-state index contributed by atoms with van der Waals surface area (Å²) in [6.45, 7) is 1.78. The first-order valence-electron chi connectivity index (χ1n) is 5.16. The number of hydrogen-bond donors (Lipinski definition) is 2. The molecule has 1 fully saturated rings. The van der Waals surface area contributed by atoms with Gasteiger partial charge in [0.15, 0.2) is 0 Å². The summed E-state index contributed by atoms with van der Waals surface area (Å²) >= 11 is 5.71. The molecule has 1 saturated heterocycles. The van der Waals surface area contributed by atoms with Gasteiger partial charge in [-0.05, 0) is 24.9 Å². The quantitative estimate of drug-likeness (QED) is 0.598. The summed E-state index contributed by atoms with van der Waals surface area (Å²) in [7, 11) is 0. The Bertz CT molecular complexity index is 457. The van der Waals surface area contributed by atoms with E-state index in [2.05, 4.69) is 20.6 Å². The third-order valence-corrected chi connectivity index (χ3v) is 2.56. The van der Waals surface area contributed by atoms with Crippen LogP contribution in [0.1, 0.15) is 18.5 Å².